The molecule has 0 spiro atoms. The van der Waals surface area contributed by atoms with Crippen molar-refractivity contribution in [1.82, 2.24) is 0 Å². The van der Waals surface area contributed by atoms with E-state index in [0.717, 1.165) is 0 Å². The Kier molecular flexibility index (Phi) is 2.84. The summed E-state index contributed by atoms with van der Waals surface area (Å²) in [6.07, 6.45) is 0. The minimum atomic E-state index is 0.632. The second-order valence-corrected chi connectivity index (χ2v) is 4.05. The van der Waals surface area contributed by atoms with E-state index in [-0.39, 0.29) is 0 Å². The van der Waals surface area contributed by atoms with Crippen molar-refractivity contribution < 1.29 is 18.3 Å². The van der Waals surface area contributed by atoms with Crippen LogP contribution < -0.4 is 4.16 Å². The van der Waals surface area contributed by atoms with Crippen molar-refractivity contribution in [2.75, 3.05) is 0 Å². The number of hydrogen-bond donors (Lipinski definition) is 0. The van der Waals surface area contributed by atoms with E-state index >= 15 is 0 Å². The Bertz CT molecular complexity index is 231. The SMILES string of the molecule is Cc1ccc[c]([Ru])c1C(C)C. The van der Waals surface area contributed by atoms with E-state index in [2.05, 4.69) is 57.3 Å². The summed E-state index contributed by atoms with van der Waals surface area (Å²) in [7, 11) is 0. The summed E-state index contributed by atoms with van der Waals surface area (Å²) in [5.74, 6) is 0.632. The van der Waals surface area contributed by atoms with Crippen molar-refractivity contribution in [3.8, 4) is 0 Å². The van der Waals surface area contributed by atoms with Gasteiger partial charge in [-0.05, 0) is 0 Å². The van der Waals surface area contributed by atoms with Gasteiger partial charge in [-0.25, -0.2) is 0 Å². The van der Waals surface area contributed by atoms with Gasteiger partial charge in [-0.1, -0.05) is 0 Å². The van der Waals surface area contributed by atoms with Gasteiger partial charge in [-0.2, -0.15) is 0 Å². The third kappa shape index (κ3) is 1.90. The molecule has 61 valence electrons. The molecule has 1 rings (SSSR count). The average molecular weight is 234 g/mol. The Labute approximate surface area is 78.7 Å². The zero-order valence-corrected chi connectivity index (χ0v) is 8.90. The summed E-state index contributed by atoms with van der Waals surface area (Å²) in [5.41, 5.74) is 2.88. The van der Waals surface area contributed by atoms with Gasteiger partial charge in [-0.3, -0.25) is 0 Å². The van der Waals surface area contributed by atoms with E-state index in [0.29, 0.717) is 5.92 Å². The summed E-state index contributed by atoms with van der Waals surface area (Å²) >= 11 is 2.69. The predicted octanol–water partition coefficient (Wildman–Crippen LogP) is 2.29. The first-order chi connectivity index (χ1) is 5.13. The monoisotopic (exact) mass is 235 g/mol. The maximum atomic E-state index is 2.69. The van der Waals surface area contributed by atoms with Crippen molar-refractivity contribution in [1.29, 1.82) is 0 Å². The van der Waals surface area contributed by atoms with Gasteiger partial charge >= 0.3 is 78.5 Å². The Morgan fingerprint density at radius 3 is 2.27 bits per heavy atom. The third-order valence-electron chi connectivity index (χ3n) is 1.84. The summed E-state index contributed by atoms with van der Waals surface area (Å²) in [6, 6.07) is 6.43. The molecule has 0 amide bonds. The summed E-state index contributed by atoms with van der Waals surface area (Å²) < 4.78 is 1.35. The molecule has 0 radical (unpaired) electrons. The molecule has 1 heteroatoms. The molecule has 0 nitrogen and oxygen atoms in total. The standard InChI is InChI=1S/C10H13.Ru/c1-8(2)10-7-5-4-6-9(10)3;/h4-6,8H,1-3H3;. The molecule has 11 heavy (non-hydrogen) atoms. The molecule has 0 aromatic heterocycles. The van der Waals surface area contributed by atoms with Crippen molar-refractivity contribution in [2.24, 2.45) is 0 Å². The fraction of sp³-hybridized carbons (Fsp3) is 0.400. The van der Waals surface area contributed by atoms with Crippen LogP contribution in [0, 0.1) is 6.92 Å². The van der Waals surface area contributed by atoms with Crippen LogP contribution in [0.1, 0.15) is 30.9 Å². The van der Waals surface area contributed by atoms with Gasteiger partial charge in [0.05, 0.1) is 0 Å². The maximum absolute atomic E-state index is 2.69. The molecule has 0 atom stereocenters. The zero-order chi connectivity index (χ0) is 8.43. The molecule has 0 aliphatic carbocycles. The number of hydrogen-bond acceptors (Lipinski definition) is 0. The van der Waals surface area contributed by atoms with Crippen LogP contribution in [0.3, 0.4) is 0 Å². The molecule has 0 N–H and O–H groups in total. The average Bonchev–Trinajstić information content (AvgIpc) is 1.85. The van der Waals surface area contributed by atoms with Gasteiger partial charge in [0.2, 0.25) is 0 Å². The fourth-order valence-corrected chi connectivity index (χ4v) is 2.37. The van der Waals surface area contributed by atoms with E-state index in [1.807, 2.05) is 0 Å². The Morgan fingerprint density at radius 1 is 1.27 bits per heavy atom. The number of rotatable bonds is 1. The van der Waals surface area contributed by atoms with Gasteiger partial charge in [0.1, 0.15) is 0 Å². The van der Waals surface area contributed by atoms with Crippen LogP contribution in [0.15, 0.2) is 18.2 Å². The number of benzene rings is 1. The molecule has 0 unspecified atom stereocenters. The van der Waals surface area contributed by atoms with Crippen molar-refractivity contribution >= 4 is 4.16 Å². The molecular weight excluding hydrogens is 221 g/mol. The van der Waals surface area contributed by atoms with E-state index < -0.39 is 0 Å². The first-order valence-electron chi connectivity index (χ1n) is 3.86. The molecule has 0 aliphatic heterocycles. The summed E-state index contributed by atoms with van der Waals surface area (Å²) in [4.78, 5) is 0. The Hall–Kier alpha value is -0.157. The van der Waals surface area contributed by atoms with Crippen LogP contribution in [0.25, 0.3) is 0 Å². The molecule has 1 aromatic carbocycles. The number of aryl methyl sites for hydroxylation is 1. The summed E-state index contributed by atoms with van der Waals surface area (Å²) in [5, 5.41) is 0. The third-order valence-corrected chi connectivity index (χ3v) is 2.60. The van der Waals surface area contributed by atoms with Crippen LogP contribution in [0.4, 0.5) is 0 Å². The van der Waals surface area contributed by atoms with Crippen LogP contribution in [0.5, 0.6) is 0 Å². The van der Waals surface area contributed by atoms with Crippen LogP contribution >= 0.6 is 0 Å². The van der Waals surface area contributed by atoms with Gasteiger partial charge in [0.15, 0.2) is 0 Å². The second kappa shape index (κ2) is 3.49. The first kappa shape index (κ1) is 8.94. The molecule has 0 saturated heterocycles. The van der Waals surface area contributed by atoms with Crippen LogP contribution in [0.2, 0.25) is 0 Å². The quantitative estimate of drug-likeness (QED) is 0.654. The Morgan fingerprint density at radius 2 is 1.91 bits per heavy atom. The van der Waals surface area contributed by atoms with Gasteiger partial charge in [-0.15, -0.1) is 0 Å². The van der Waals surface area contributed by atoms with Gasteiger partial charge in [0.25, 0.3) is 0 Å². The van der Waals surface area contributed by atoms with Crippen LogP contribution in [-0.2, 0) is 18.3 Å². The van der Waals surface area contributed by atoms with Gasteiger partial charge in [0, 0.05) is 0 Å². The van der Waals surface area contributed by atoms with Crippen LogP contribution in [-0.4, -0.2) is 0 Å². The van der Waals surface area contributed by atoms with Crippen molar-refractivity contribution in [3.05, 3.63) is 29.3 Å². The Balaban J connectivity index is 3.21. The van der Waals surface area contributed by atoms with Crippen molar-refractivity contribution in [3.63, 3.8) is 0 Å². The zero-order valence-electron chi connectivity index (χ0n) is 7.16. The second-order valence-electron chi connectivity index (χ2n) is 3.11. The van der Waals surface area contributed by atoms with E-state index in [4.69, 9.17) is 0 Å². The minimum absolute atomic E-state index is 0.632. The molecule has 0 aliphatic rings. The topological polar surface area (TPSA) is 0 Å². The van der Waals surface area contributed by atoms with Gasteiger partial charge < -0.3 is 0 Å². The first-order valence-corrected chi connectivity index (χ1v) is 4.73. The van der Waals surface area contributed by atoms with E-state index in [1.54, 1.807) is 0 Å². The fourth-order valence-electron chi connectivity index (χ4n) is 1.36. The normalized spacial score (nSPS) is 10.6. The van der Waals surface area contributed by atoms with E-state index in [9.17, 15) is 0 Å². The van der Waals surface area contributed by atoms with E-state index in [1.165, 1.54) is 15.3 Å². The molecule has 0 heterocycles. The molecule has 0 bridgehead atoms. The predicted molar refractivity (Wildman–Crippen MR) is 44.9 cm³/mol. The molecule has 0 saturated carbocycles. The van der Waals surface area contributed by atoms with Crippen molar-refractivity contribution in [2.45, 2.75) is 26.7 Å². The molecular formula is C10H13Ru. The molecule has 1 aromatic rings. The summed E-state index contributed by atoms with van der Waals surface area (Å²) in [6.45, 7) is 6.64. The molecule has 0 fully saturated rings.